The molecule has 0 N–H and O–H groups in total. The maximum Gasteiger partial charge on any atom is 0.167 e. The molecule has 1 fully saturated rings. The van der Waals surface area contributed by atoms with E-state index in [0.717, 1.165) is 37.7 Å². The lowest BCUT2D eigenvalue weighted by Crippen LogP contribution is -2.47. The van der Waals surface area contributed by atoms with E-state index in [4.69, 9.17) is 4.74 Å². The first-order chi connectivity index (χ1) is 11.2. The molecule has 1 aromatic heterocycles. The summed E-state index contributed by atoms with van der Waals surface area (Å²) in [5, 5.41) is 9.18. The molecule has 0 amide bonds. The van der Waals surface area contributed by atoms with Gasteiger partial charge in [0.25, 0.3) is 0 Å². The number of anilines is 2. The van der Waals surface area contributed by atoms with Crippen LogP contribution >= 0.6 is 0 Å². The molecule has 0 atom stereocenters. The molecule has 0 saturated carbocycles. The van der Waals surface area contributed by atoms with Gasteiger partial charge in [-0.2, -0.15) is 5.26 Å². The number of pyridine rings is 1. The molecule has 23 heavy (non-hydrogen) atoms. The van der Waals surface area contributed by atoms with E-state index in [1.165, 1.54) is 13.2 Å². The summed E-state index contributed by atoms with van der Waals surface area (Å²) in [5.41, 5.74) is 1.42. The van der Waals surface area contributed by atoms with Gasteiger partial charge in [-0.05, 0) is 24.3 Å². The number of halogens is 1. The van der Waals surface area contributed by atoms with E-state index in [-0.39, 0.29) is 11.6 Å². The third kappa shape index (κ3) is 3.04. The van der Waals surface area contributed by atoms with Crippen molar-refractivity contribution in [2.24, 2.45) is 0 Å². The molecule has 0 radical (unpaired) electrons. The third-order valence-corrected chi connectivity index (χ3v) is 3.99. The molecule has 5 nitrogen and oxygen atoms in total. The van der Waals surface area contributed by atoms with Crippen LogP contribution < -0.4 is 14.5 Å². The summed E-state index contributed by atoms with van der Waals surface area (Å²) in [5.74, 6) is 0.610. The van der Waals surface area contributed by atoms with Crippen molar-refractivity contribution >= 4 is 11.5 Å². The summed E-state index contributed by atoms with van der Waals surface area (Å²) in [6.07, 6.45) is 1.70. The predicted molar refractivity (Wildman–Crippen MR) is 86.3 cm³/mol. The number of rotatable bonds is 3. The van der Waals surface area contributed by atoms with Crippen LogP contribution in [0, 0.1) is 17.1 Å². The minimum atomic E-state index is -0.357. The number of hydrogen-bond acceptors (Lipinski definition) is 5. The van der Waals surface area contributed by atoms with Gasteiger partial charge in [-0.3, -0.25) is 0 Å². The van der Waals surface area contributed by atoms with Crippen LogP contribution in [0.15, 0.2) is 36.5 Å². The third-order valence-electron chi connectivity index (χ3n) is 3.99. The zero-order valence-corrected chi connectivity index (χ0v) is 12.9. The normalized spacial score (nSPS) is 14.5. The fourth-order valence-corrected chi connectivity index (χ4v) is 2.76. The van der Waals surface area contributed by atoms with E-state index in [9.17, 15) is 9.65 Å². The molecule has 1 saturated heterocycles. The van der Waals surface area contributed by atoms with E-state index in [1.54, 1.807) is 24.4 Å². The standard InChI is InChI=1S/C17H17FN4O/c1-23-16-5-4-14(11-15(16)18)21-7-9-22(10-8-21)17-13(12-19)3-2-6-20-17/h2-6,11H,7-10H2,1H3. The highest BCUT2D eigenvalue weighted by atomic mass is 19.1. The molecule has 0 aliphatic carbocycles. The number of benzene rings is 1. The van der Waals surface area contributed by atoms with Crippen LogP contribution in [-0.4, -0.2) is 38.3 Å². The van der Waals surface area contributed by atoms with Crippen molar-refractivity contribution in [3.05, 3.63) is 47.9 Å². The van der Waals surface area contributed by atoms with E-state index in [2.05, 4.69) is 20.9 Å². The van der Waals surface area contributed by atoms with E-state index in [1.807, 2.05) is 6.07 Å². The lowest BCUT2D eigenvalue weighted by Gasteiger charge is -2.37. The Morgan fingerprint density at radius 1 is 1.17 bits per heavy atom. The summed E-state index contributed by atoms with van der Waals surface area (Å²) in [7, 11) is 1.45. The largest absolute Gasteiger partial charge is 0.494 e. The van der Waals surface area contributed by atoms with Crippen LogP contribution in [0.25, 0.3) is 0 Å². The monoisotopic (exact) mass is 312 g/mol. The Balaban J connectivity index is 1.71. The zero-order valence-electron chi connectivity index (χ0n) is 12.9. The van der Waals surface area contributed by atoms with Crippen molar-refractivity contribution in [3.63, 3.8) is 0 Å². The number of aromatic nitrogens is 1. The first-order valence-corrected chi connectivity index (χ1v) is 7.41. The Morgan fingerprint density at radius 3 is 2.57 bits per heavy atom. The van der Waals surface area contributed by atoms with Gasteiger partial charge in [-0.15, -0.1) is 0 Å². The average Bonchev–Trinajstić information content (AvgIpc) is 2.61. The summed E-state index contributed by atoms with van der Waals surface area (Å²) >= 11 is 0. The lowest BCUT2D eigenvalue weighted by atomic mass is 10.2. The topological polar surface area (TPSA) is 52.4 Å². The van der Waals surface area contributed by atoms with Crippen LogP contribution in [-0.2, 0) is 0 Å². The van der Waals surface area contributed by atoms with Gasteiger partial charge in [0, 0.05) is 44.1 Å². The molecule has 1 aromatic carbocycles. The molecule has 118 valence electrons. The van der Waals surface area contributed by atoms with Crippen molar-refractivity contribution in [3.8, 4) is 11.8 Å². The second-order valence-electron chi connectivity index (χ2n) is 5.28. The molecule has 3 rings (SSSR count). The summed E-state index contributed by atoms with van der Waals surface area (Å²) in [4.78, 5) is 8.53. The molecule has 0 unspecified atom stereocenters. The van der Waals surface area contributed by atoms with Gasteiger partial charge in [-0.25, -0.2) is 9.37 Å². The van der Waals surface area contributed by atoms with Gasteiger partial charge in [-0.1, -0.05) is 0 Å². The first kappa shape index (κ1) is 15.1. The number of ether oxygens (including phenoxy) is 1. The summed E-state index contributed by atoms with van der Waals surface area (Å²) in [6.45, 7) is 2.96. The lowest BCUT2D eigenvalue weighted by molar-refractivity contribution is 0.386. The minimum absolute atomic E-state index is 0.250. The van der Waals surface area contributed by atoms with Gasteiger partial charge in [0.05, 0.1) is 12.7 Å². The maximum atomic E-state index is 13.8. The molecule has 0 spiro atoms. The fraction of sp³-hybridized carbons (Fsp3) is 0.294. The summed E-state index contributed by atoms with van der Waals surface area (Å²) in [6, 6.07) is 10.7. The molecular weight excluding hydrogens is 295 g/mol. The molecule has 6 heteroatoms. The Labute approximate surface area is 134 Å². The number of nitrogens with zero attached hydrogens (tertiary/aromatic N) is 4. The predicted octanol–water partition coefficient (Wildman–Crippen LogP) is 2.43. The second kappa shape index (κ2) is 6.53. The van der Waals surface area contributed by atoms with Gasteiger partial charge < -0.3 is 14.5 Å². The molecular formula is C17H17FN4O. The number of methoxy groups -OCH3 is 1. The van der Waals surface area contributed by atoms with E-state index in [0.29, 0.717) is 5.56 Å². The fourth-order valence-electron chi connectivity index (χ4n) is 2.76. The van der Waals surface area contributed by atoms with Gasteiger partial charge in [0.1, 0.15) is 11.9 Å². The van der Waals surface area contributed by atoms with Crippen molar-refractivity contribution in [2.75, 3.05) is 43.1 Å². The second-order valence-corrected chi connectivity index (χ2v) is 5.28. The Bertz CT molecular complexity index is 736. The molecule has 2 heterocycles. The average molecular weight is 312 g/mol. The number of piperazine rings is 1. The Morgan fingerprint density at radius 2 is 1.91 bits per heavy atom. The molecule has 1 aliphatic heterocycles. The highest BCUT2D eigenvalue weighted by Crippen LogP contribution is 2.25. The van der Waals surface area contributed by atoms with Gasteiger partial charge >= 0.3 is 0 Å². The van der Waals surface area contributed by atoms with Crippen molar-refractivity contribution in [2.45, 2.75) is 0 Å². The van der Waals surface area contributed by atoms with Crippen molar-refractivity contribution in [1.82, 2.24) is 4.98 Å². The highest BCUT2D eigenvalue weighted by Gasteiger charge is 2.21. The van der Waals surface area contributed by atoms with Gasteiger partial charge in [0.2, 0.25) is 0 Å². The first-order valence-electron chi connectivity index (χ1n) is 7.41. The molecule has 2 aromatic rings. The van der Waals surface area contributed by atoms with Crippen LogP contribution in [0.3, 0.4) is 0 Å². The SMILES string of the molecule is COc1ccc(N2CCN(c3ncccc3C#N)CC2)cc1F. The number of nitriles is 1. The Hall–Kier alpha value is -2.81. The van der Waals surface area contributed by atoms with Crippen molar-refractivity contribution in [1.29, 1.82) is 5.26 Å². The van der Waals surface area contributed by atoms with Crippen LogP contribution in [0.4, 0.5) is 15.9 Å². The molecule has 0 bridgehead atoms. The molecule has 1 aliphatic rings. The van der Waals surface area contributed by atoms with Gasteiger partial charge in [0.15, 0.2) is 11.6 Å². The van der Waals surface area contributed by atoms with Crippen LogP contribution in [0.1, 0.15) is 5.56 Å². The quantitative estimate of drug-likeness (QED) is 0.871. The van der Waals surface area contributed by atoms with Crippen LogP contribution in [0.2, 0.25) is 0 Å². The highest BCUT2D eigenvalue weighted by molar-refractivity contribution is 5.56. The zero-order chi connectivity index (χ0) is 16.2. The number of hydrogen-bond donors (Lipinski definition) is 0. The maximum absolute atomic E-state index is 13.8. The van der Waals surface area contributed by atoms with E-state index >= 15 is 0 Å². The summed E-state index contributed by atoms with van der Waals surface area (Å²) < 4.78 is 18.8. The van der Waals surface area contributed by atoms with Crippen LogP contribution in [0.5, 0.6) is 5.75 Å². The smallest absolute Gasteiger partial charge is 0.167 e. The van der Waals surface area contributed by atoms with E-state index < -0.39 is 0 Å². The van der Waals surface area contributed by atoms with Crippen molar-refractivity contribution < 1.29 is 9.13 Å². The minimum Gasteiger partial charge on any atom is -0.494 e. The Kier molecular flexibility index (Phi) is 4.29.